The quantitative estimate of drug-likeness (QED) is 0.750. The zero-order valence-corrected chi connectivity index (χ0v) is 8.94. The molecule has 1 aromatic carbocycles. The molecule has 0 unspecified atom stereocenters. The summed E-state index contributed by atoms with van der Waals surface area (Å²) in [5, 5.41) is 0. The van der Waals surface area contributed by atoms with Crippen molar-refractivity contribution in [2.75, 3.05) is 25.1 Å². The predicted octanol–water partition coefficient (Wildman–Crippen LogP) is 1.33. The maximum Gasteiger partial charge on any atom is 0.142 e. The van der Waals surface area contributed by atoms with E-state index in [1.807, 2.05) is 0 Å². The Bertz CT molecular complexity index is 391. The molecule has 0 radical (unpaired) electrons. The van der Waals surface area contributed by atoms with E-state index in [1.165, 1.54) is 11.3 Å². The first-order chi connectivity index (χ1) is 7.25. The third-order valence-corrected chi connectivity index (χ3v) is 3.35. The Balaban J connectivity index is 1.96. The summed E-state index contributed by atoms with van der Waals surface area (Å²) in [4.78, 5) is 2.25. The zero-order chi connectivity index (χ0) is 10.4. The molecule has 0 amide bonds. The molecule has 3 nitrogen and oxygen atoms in total. The summed E-state index contributed by atoms with van der Waals surface area (Å²) in [5.74, 6) is 1.58. The van der Waals surface area contributed by atoms with Crippen LogP contribution in [-0.2, 0) is 0 Å². The average Bonchev–Trinajstić information content (AvgIpc) is 2.96. The number of fused-ring (bicyclic) bond motifs is 1. The molecular formula is C12H16N2O. The molecule has 1 aliphatic heterocycles. The van der Waals surface area contributed by atoms with Crippen LogP contribution in [0.2, 0.25) is 0 Å². The fourth-order valence-electron chi connectivity index (χ4n) is 2.20. The third-order valence-electron chi connectivity index (χ3n) is 3.35. The van der Waals surface area contributed by atoms with E-state index in [0.29, 0.717) is 12.0 Å². The first kappa shape index (κ1) is 9.04. The molecule has 1 fully saturated rings. The van der Waals surface area contributed by atoms with Gasteiger partial charge in [-0.25, -0.2) is 0 Å². The maximum atomic E-state index is 5.86. The monoisotopic (exact) mass is 204 g/mol. The highest BCUT2D eigenvalue weighted by Gasteiger charge is 2.35. The van der Waals surface area contributed by atoms with E-state index < -0.39 is 0 Å². The number of hydrogen-bond donors (Lipinski definition) is 1. The molecule has 3 rings (SSSR count). The molecule has 0 spiro atoms. The highest BCUT2D eigenvalue weighted by Crippen LogP contribution is 2.42. The number of benzene rings is 1. The van der Waals surface area contributed by atoms with Crippen molar-refractivity contribution < 1.29 is 4.74 Å². The van der Waals surface area contributed by atoms with E-state index in [2.05, 4.69) is 30.1 Å². The van der Waals surface area contributed by atoms with Crippen LogP contribution in [0.25, 0.3) is 0 Å². The van der Waals surface area contributed by atoms with Crippen LogP contribution >= 0.6 is 0 Å². The minimum atomic E-state index is 0.373. The molecule has 0 bridgehead atoms. The number of nitrogens with zero attached hydrogens (tertiary/aromatic N) is 1. The lowest BCUT2D eigenvalue weighted by molar-refractivity contribution is 0.311. The maximum absolute atomic E-state index is 5.86. The largest absolute Gasteiger partial charge is 0.490 e. The zero-order valence-electron chi connectivity index (χ0n) is 8.94. The normalized spacial score (nSPS) is 28.3. The second-order valence-corrected chi connectivity index (χ2v) is 4.50. The Hall–Kier alpha value is -1.22. The predicted molar refractivity (Wildman–Crippen MR) is 60.5 cm³/mol. The van der Waals surface area contributed by atoms with Gasteiger partial charge in [0.05, 0.1) is 12.2 Å². The molecule has 0 aromatic heterocycles. The number of rotatable bonds is 1. The Labute approximate surface area is 89.8 Å². The average molecular weight is 204 g/mol. The van der Waals surface area contributed by atoms with Crippen LogP contribution in [0.1, 0.15) is 17.9 Å². The summed E-state index contributed by atoms with van der Waals surface area (Å²) in [5.41, 5.74) is 8.43. The van der Waals surface area contributed by atoms with Crippen molar-refractivity contribution in [1.29, 1.82) is 0 Å². The number of likely N-dealkylation sites (N-methyl/N-ethyl adjacent to an activating group) is 1. The summed E-state index contributed by atoms with van der Waals surface area (Å²) in [6.07, 6.45) is 1.13. The lowest BCUT2D eigenvalue weighted by Gasteiger charge is -2.28. The summed E-state index contributed by atoms with van der Waals surface area (Å²) >= 11 is 0. The molecule has 0 saturated heterocycles. The Kier molecular flexibility index (Phi) is 1.89. The van der Waals surface area contributed by atoms with Gasteiger partial charge in [0, 0.05) is 19.0 Å². The van der Waals surface area contributed by atoms with Gasteiger partial charge in [-0.05, 0) is 24.1 Å². The number of ether oxygens (including phenoxy) is 1. The third kappa shape index (κ3) is 1.47. The number of nitrogens with two attached hydrogens (primary N) is 1. The molecule has 1 aliphatic carbocycles. The summed E-state index contributed by atoms with van der Waals surface area (Å²) in [6.45, 7) is 1.75. The van der Waals surface area contributed by atoms with Crippen LogP contribution in [0.3, 0.4) is 0 Å². The molecule has 15 heavy (non-hydrogen) atoms. The second-order valence-electron chi connectivity index (χ2n) is 4.50. The van der Waals surface area contributed by atoms with Crippen molar-refractivity contribution in [3.05, 3.63) is 23.8 Å². The van der Waals surface area contributed by atoms with Crippen LogP contribution < -0.4 is 15.4 Å². The smallest absolute Gasteiger partial charge is 0.142 e. The van der Waals surface area contributed by atoms with Gasteiger partial charge < -0.3 is 15.4 Å². The van der Waals surface area contributed by atoms with Gasteiger partial charge in [-0.1, -0.05) is 6.07 Å². The standard InChI is InChI=1S/C12H16N2O/c1-14-4-5-15-12-3-2-8(6-11(12)14)9-7-10(9)13/h2-3,6,9-10H,4-5,7,13H2,1H3/t9-,10+/m0/s1. The fraction of sp³-hybridized carbons (Fsp3) is 0.500. The highest BCUT2D eigenvalue weighted by atomic mass is 16.5. The van der Waals surface area contributed by atoms with Gasteiger partial charge >= 0.3 is 0 Å². The Morgan fingerprint density at radius 2 is 2.27 bits per heavy atom. The molecule has 1 saturated carbocycles. The minimum Gasteiger partial charge on any atom is -0.490 e. The molecular weight excluding hydrogens is 188 g/mol. The summed E-state index contributed by atoms with van der Waals surface area (Å²) < 4.78 is 5.60. The van der Waals surface area contributed by atoms with Crippen molar-refractivity contribution in [3.8, 4) is 5.75 Å². The van der Waals surface area contributed by atoms with E-state index in [-0.39, 0.29) is 0 Å². The van der Waals surface area contributed by atoms with Gasteiger partial charge in [-0.2, -0.15) is 0 Å². The van der Waals surface area contributed by atoms with Crippen LogP contribution in [0, 0.1) is 0 Å². The lowest BCUT2D eigenvalue weighted by atomic mass is 10.1. The first-order valence-corrected chi connectivity index (χ1v) is 5.49. The lowest BCUT2D eigenvalue weighted by Crippen LogP contribution is -2.28. The molecule has 1 aromatic rings. The van der Waals surface area contributed by atoms with Gasteiger partial charge in [0.2, 0.25) is 0 Å². The van der Waals surface area contributed by atoms with E-state index in [9.17, 15) is 0 Å². The van der Waals surface area contributed by atoms with Crippen molar-refractivity contribution in [2.24, 2.45) is 5.73 Å². The van der Waals surface area contributed by atoms with Crippen molar-refractivity contribution in [2.45, 2.75) is 18.4 Å². The van der Waals surface area contributed by atoms with Gasteiger partial charge in [0.15, 0.2) is 0 Å². The van der Waals surface area contributed by atoms with Gasteiger partial charge in [0.25, 0.3) is 0 Å². The molecule has 1 heterocycles. The Morgan fingerprint density at radius 1 is 1.47 bits per heavy atom. The topological polar surface area (TPSA) is 38.5 Å². The molecule has 2 atom stereocenters. The molecule has 3 heteroatoms. The van der Waals surface area contributed by atoms with E-state index in [4.69, 9.17) is 10.5 Å². The number of hydrogen-bond acceptors (Lipinski definition) is 3. The van der Waals surface area contributed by atoms with Crippen LogP contribution in [-0.4, -0.2) is 26.2 Å². The molecule has 2 N–H and O–H groups in total. The van der Waals surface area contributed by atoms with Crippen molar-refractivity contribution >= 4 is 5.69 Å². The number of anilines is 1. The molecule has 80 valence electrons. The first-order valence-electron chi connectivity index (χ1n) is 5.49. The van der Waals surface area contributed by atoms with E-state index in [0.717, 1.165) is 25.3 Å². The van der Waals surface area contributed by atoms with Crippen molar-refractivity contribution in [3.63, 3.8) is 0 Å². The van der Waals surface area contributed by atoms with Gasteiger partial charge in [0.1, 0.15) is 12.4 Å². The summed E-state index contributed by atoms with van der Waals surface area (Å²) in [6, 6.07) is 6.82. The highest BCUT2D eigenvalue weighted by molar-refractivity contribution is 5.61. The SMILES string of the molecule is CN1CCOc2ccc([C@@H]3C[C@H]3N)cc21. The second kappa shape index (κ2) is 3.14. The van der Waals surface area contributed by atoms with E-state index >= 15 is 0 Å². The Morgan fingerprint density at radius 3 is 3.00 bits per heavy atom. The van der Waals surface area contributed by atoms with Crippen molar-refractivity contribution in [1.82, 2.24) is 0 Å². The van der Waals surface area contributed by atoms with Gasteiger partial charge in [-0.3, -0.25) is 0 Å². The summed E-state index contributed by atoms with van der Waals surface area (Å²) in [7, 11) is 2.11. The minimum absolute atomic E-state index is 0.373. The fourth-order valence-corrected chi connectivity index (χ4v) is 2.20. The van der Waals surface area contributed by atoms with Crippen LogP contribution in [0.5, 0.6) is 5.75 Å². The van der Waals surface area contributed by atoms with Gasteiger partial charge in [-0.15, -0.1) is 0 Å². The van der Waals surface area contributed by atoms with E-state index in [1.54, 1.807) is 0 Å². The van der Waals surface area contributed by atoms with Crippen LogP contribution in [0.4, 0.5) is 5.69 Å². The molecule has 2 aliphatic rings. The van der Waals surface area contributed by atoms with Crippen LogP contribution in [0.15, 0.2) is 18.2 Å².